The van der Waals surface area contributed by atoms with E-state index in [0.29, 0.717) is 10.0 Å². The van der Waals surface area contributed by atoms with E-state index in [1.54, 1.807) is 60.7 Å². The molecule has 0 atom stereocenters. The summed E-state index contributed by atoms with van der Waals surface area (Å²) in [5.41, 5.74) is 0.943. The molecule has 0 aliphatic heterocycles. The monoisotopic (exact) mass is 445 g/mol. The minimum absolute atomic E-state index is 0.0265. The highest BCUT2D eigenvalue weighted by atomic mass is 79.9. The zero-order chi connectivity index (χ0) is 19.4. The van der Waals surface area contributed by atoms with E-state index in [9.17, 15) is 13.2 Å². The van der Waals surface area contributed by atoms with Gasteiger partial charge in [0.15, 0.2) is 5.78 Å². The molecule has 0 saturated carbocycles. The number of hydrogen-bond donors (Lipinski definition) is 1. The van der Waals surface area contributed by atoms with E-state index in [1.807, 2.05) is 6.07 Å². The second-order valence-electron chi connectivity index (χ2n) is 5.64. The second-order valence-corrected chi connectivity index (χ2v) is 8.21. The summed E-state index contributed by atoms with van der Waals surface area (Å²) in [6, 6.07) is 19.9. The number of methoxy groups -OCH3 is 1. The highest BCUT2D eigenvalue weighted by Gasteiger charge is 2.23. The Morgan fingerprint density at radius 3 is 2.33 bits per heavy atom. The zero-order valence-electron chi connectivity index (χ0n) is 14.3. The standard InChI is InChI=1S/C20H16BrNO4S/c1-26-18-12-11-15(21)13-19(18)27(24,25)22-17-10-6-5-9-16(17)20(23)14-7-3-2-4-8-14/h2-13,22H,1H3. The average molecular weight is 446 g/mol. The molecule has 3 rings (SSSR count). The van der Waals surface area contributed by atoms with Gasteiger partial charge in [-0.2, -0.15) is 0 Å². The topological polar surface area (TPSA) is 72.5 Å². The molecule has 0 aliphatic rings. The molecule has 5 nitrogen and oxygen atoms in total. The minimum Gasteiger partial charge on any atom is -0.495 e. The molecule has 0 aromatic heterocycles. The summed E-state index contributed by atoms with van der Waals surface area (Å²) in [5.74, 6) is -0.0623. The van der Waals surface area contributed by atoms with Crippen molar-refractivity contribution in [3.63, 3.8) is 0 Å². The van der Waals surface area contributed by atoms with Crippen LogP contribution in [0.5, 0.6) is 5.75 Å². The fourth-order valence-electron chi connectivity index (χ4n) is 2.58. The van der Waals surface area contributed by atoms with Gasteiger partial charge in [0.2, 0.25) is 0 Å². The third-order valence-electron chi connectivity index (χ3n) is 3.87. The number of para-hydroxylation sites is 1. The lowest BCUT2D eigenvalue weighted by Crippen LogP contribution is -2.16. The fraction of sp³-hybridized carbons (Fsp3) is 0.0500. The number of ketones is 1. The Kier molecular flexibility index (Phi) is 5.62. The van der Waals surface area contributed by atoms with E-state index in [2.05, 4.69) is 20.7 Å². The van der Waals surface area contributed by atoms with Crippen molar-refractivity contribution in [2.24, 2.45) is 0 Å². The van der Waals surface area contributed by atoms with Crippen molar-refractivity contribution >= 4 is 37.4 Å². The maximum atomic E-state index is 12.9. The van der Waals surface area contributed by atoms with Gasteiger partial charge in [-0.15, -0.1) is 0 Å². The van der Waals surface area contributed by atoms with Gasteiger partial charge in [-0.25, -0.2) is 8.42 Å². The maximum absolute atomic E-state index is 12.9. The van der Waals surface area contributed by atoms with Crippen molar-refractivity contribution in [3.8, 4) is 5.75 Å². The number of hydrogen-bond acceptors (Lipinski definition) is 4. The number of halogens is 1. The van der Waals surface area contributed by atoms with E-state index in [1.165, 1.54) is 13.2 Å². The summed E-state index contributed by atoms with van der Waals surface area (Å²) in [6.07, 6.45) is 0. The Morgan fingerprint density at radius 1 is 0.963 bits per heavy atom. The van der Waals surface area contributed by atoms with Gasteiger partial charge >= 0.3 is 0 Å². The number of ether oxygens (including phenoxy) is 1. The SMILES string of the molecule is COc1ccc(Br)cc1S(=O)(=O)Nc1ccccc1C(=O)c1ccccc1. The smallest absolute Gasteiger partial charge is 0.265 e. The van der Waals surface area contributed by atoms with Gasteiger partial charge in [-0.05, 0) is 30.3 Å². The van der Waals surface area contributed by atoms with Gasteiger partial charge < -0.3 is 4.74 Å². The quantitative estimate of drug-likeness (QED) is 0.567. The molecule has 1 N–H and O–H groups in total. The maximum Gasteiger partial charge on any atom is 0.265 e. The normalized spacial score (nSPS) is 11.0. The van der Waals surface area contributed by atoms with Crippen LogP contribution in [0.25, 0.3) is 0 Å². The summed E-state index contributed by atoms with van der Waals surface area (Å²) in [6.45, 7) is 0. The summed E-state index contributed by atoms with van der Waals surface area (Å²) in [7, 11) is -2.58. The average Bonchev–Trinajstić information content (AvgIpc) is 2.68. The van der Waals surface area contributed by atoms with E-state index in [-0.39, 0.29) is 27.7 Å². The van der Waals surface area contributed by atoms with Crippen LogP contribution in [0.3, 0.4) is 0 Å². The molecule has 7 heteroatoms. The summed E-state index contributed by atoms with van der Waals surface area (Å²) in [5, 5.41) is 0. The van der Waals surface area contributed by atoms with Crippen LogP contribution in [0.1, 0.15) is 15.9 Å². The molecule has 0 radical (unpaired) electrons. The second kappa shape index (κ2) is 7.94. The number of nitrogens with one attached hydrogen (secondary N) is 1. The zero-order valence-corrected chi connectivity index (χ0v) is 16.7. The van der Waals surface area contributed by atoms with Crippen molar-refractivity contribution in [3.05, 3.63) is 88.4 Å². The van der Waals surface area contributed by atoms with Crippen molar-refractivity contribution in [2.75, 3.05) is 11.8 Å². The molecule has 0 amide bonds. The molecule has 0 aliphatic carbocycles. The predicted molar refractivity (Wildman–Crippen MR) is 108 cm³/mol. The van der Waals surface area contributed by atoms with Crippen LogP contribution in [0.15, 0.2) is 82.2 Å². The van der Waals surface area contributed by atoms with Crippen LogP contribution in [-0.4, -0.2) is 21.3 Å². The first-order valence-corrected chi connectivity index (χ1v) is 10.2. The lowest BCUT2D eigenvalue weighted by molar-refractivity contribution is 0.103. The Balaban J connectivity index is 2.02. The predicted octanol–water partition coefficient (Wildman–Crippen LogP) is 4.49. The molecule has 0 bridgehead atoms. The number of carbonyl (C=O) groups is 1. The van der Waals surface area contributed by atoms with E-state index >= 15 is 0 Å². The van der Waals surface area contributed by atoms with Crippen molar-refractivity contribution < 1.29 is 17.9 Å². The third-order valence-corrected chi connectivity index (χ3v) is 5.75. The molecule has 3 aromatic carbocycles. The molecule has 27 heavy (non-hydrogen) atoms. The molecule has 0 unspecified atom stereocenters. The van der Waals surface area contributed by atoms with Gasteiger partial charge in [-0.3, -0.25) is 9.52 Å². The van der Waals surface area contributed by atoms with Gasteiger partial charge in [-0.1, -0.05) is 58.4 Å². The van der Waals surface area contributed by atoms with Crippen molar-refractivity contribution in [2.45, 2.75) is 4.90 Å². The van der Waals surface area contributed by atoms with Crippen LogP contribution in [0.4, 0.5) is 5.69 Å². The molecule has 3 aromatic rings. The van der Waals surface area contributed by atoms with E-state index < -0.39 is 10.0 Å². The van der Waals surface area contributed by atoms with Crippen LogP contribution in [-0.2, 0) is 10.0 Å². The highest BCUT2D eigenvalue weighted by molar-refractivity contribution is 9.10. The Morgan fingerprint density at radius 2 is 1.63 bits per heavy atom. The van der Waals surface area contributed by atoms with Crippen molar-refractivity contribution in [1.29, 1.82) is 0 Å². The van der Waals surface area contributed by atoms with E-state index in [0.717, 1.165) is 0 Å². The molecular formula is C20H16BrNO4S. The van der Waals surface area contributed by atoms with Crippen LogP contribution in [0.2, 0.25) is 0 Å². The van der Waals surface area contributed by atoms with Gasteiger partial charge in [0.25, 0.3) is 10.0 Å². The molecule has 0 fully saturated rings. The number of carbonyl (C=O) groups excluding carboxylic acids is 1. The first-order valence-electron chi connectivity index (χ1n) is 7.97. The molecule has 0 heterocycles. The number of rotatable bonds is 6. The Labute approximate surface area is 166 Å². The van der Waals surface area contributed by atoms with Crippen molar-refractivity contribution in [1.82, 2.24) is 0 Å². The fourth-order valence-corrected chi connectivity index (χ4v) is 4.36. The highest BCUT2D eigenvalue weighted by Crippen LogP contribution is 2.30. The largest absolute Gasteiger partial charge is 0.495 e. The molecule has 0 spiro atoms. The summed E-state index contributed by atoms with van der Waals surface area (Å²) >= 11 is 3.27. The van der Waals surface area contributed by atoms with Crippen LogP contribution in [0, 0.1) is 0 Å². The Bertz CT molecular complexity index is 1080. The Hall–Kier alpha value is -2.64. The van der Waals surface area contributed by atoms with Gasteiger partial charge in [0, 0.05) is 15.6 Å². The first kappa shape index (κ1) is 19.1. The van der Waals surface area contributed by atoms with Gasteiger partial charge in [0.1, 0.15) is 10.6 Å². The summed E-state index contributed by atoms with van der Waals surface area (Å²) in [4.78, 5) is 12.8. The number of sulfonamides is 1. The first-order chi connectivity index (χ1) is 12.9. The summed E-state index contributed by atoms with van der Waals surface area (Å²) < 4.78 is 34.1. The lowest BCUT2D eigenvalue weighted by atomic mass is 10.0. The molecular weight excluding hydrogens is 430 g/mol. The molecule has 0 saturated heterocycles. The number of benzene rings is 3. The molecule has 138 valence electrons. The van der Waals surface area contributed by atoms with Crippen LogP contribution >= 0.6 is 15.9 Å². The minimum atomic E-state index is -3.97. The lowest BCUT2D eigenvalue weighted by Gasteiger charge is -2.14. The van der Waals surface area contributed by atoms with E-state index in [4.69, 9.17) is 4.74 Å². The van der Waals surface area contributed by atoms with Gasteiger partial charge in [0.05, 0.1) is 12.8 Å². The number of anilines is 1. The van der Waals surface area contributed by atoms with Crippen LogP contribution < -0.4 is 9.46 Å². The third kappa shape index (κ3) is 4.20.